The van der Waals surface area contributed by atoms with Gasteiger partial charge in [-0.25, -0.2) is 0 Å². The Bertz CT molecular complexity index is 328. The number of rotatable bonds is 5. The molecule has 1 aliphatic carbocycles. The van der Waals surface area contributed by atoms with Crippen LogP contribution in [0, 0.1) is 0 Å². The van der Waals surface area contributed by atoms with Crippen molar-refractivity contribution in [3.8, 4) is 0 Å². The third-order valence-electron chi connectivity index (χ3n) is 3.30. The highest BCUT2D eigenvalue weighted by molar-refractivity contribution is 8.00. The van der Waals surface area contributed by atoms with Crippen LogP contribution in [-0.2, 0) is 14.3 Å². The van der Waals surface area contributed by atoms with E-state index in [2.05, 4.69) is 5.32 Å². The molecule has 2 amide bonds. The normalized spacial score (nSPS) is 26.7. The summed E-state index contributed by atoms with van der Waals surface area (Å²) in [6.45, 7) is 2.49. The second-order valence-corrected chi connectivity index (χ2v) is 5.86. The third-order valence-corrected chi connectivity index (χ3v) is 4.22. The van der Waals surface area contributed by atoms with Gasteiger partial charge in [0, 0.05) is 19.1 Å². The Labute approximate surface area is 116 Å². The maximum atomic E-state index is 11.8. The summed E-state index contributed by atoms with van der Waals surface area (Å²) in [4.78, 5) is 25.1. The molecule has 0 spiro atoms. The van der Waals surface area contributed by atoms with E-state index in [1.54, 1.807) is 4.90 Å². The summed E-state index contributed by atoms with van der Waals surface area (Å²) in [5.74, 6) is 0.639. The van der Waals surface area contributed by atoms with Crippen molar-refractivity contribution in [1.82, 2.24) is 10.2 Å². The number of aliphatic hydroxyl groups excluding tert-OH is 1. The van der Waals surface area contributed by atoms with Crippen LogP contribution in [0.5, 0.6) is 0 Å². The van der Waals surface area contributed by atoms with Gasteiger partial charge in [-0.3, -0.25) is 9.59 Å². The average Bonchev–Trinajstić information content (AvgIpc) is 2.38. The van der Waals surface area contributed by atoms with Gasteiger partial charge in [0.25, 0.3) is 0 Å². The minimum absolute atomic E-state index is 0.0586. The van der Waals surface area contributed by atoms with Crippen LogP contribution in [0.25, 0.3) is 0 Å². The molecular weight excluding hydrogens is 268 g/mol. The Morgan fingerprint density at radius 1 is 1.26 bits per heavy atom. The molecule has 2 rings (SSSR count). The van der Waals surface area contributed by atoms with Gasteiger partial charge in [0.15, 0.2) is 0 Å². The molecule has 108 valence electrons. The number of carbonyl (C=O) groups excluding carboxylic acids is 2. The Kier molecular flexibility index (Phi) is 5.47. The van der Waals surface area contributed by atoms with Crippen LogP contribution in [0.15, 0.2) is 0 Å². The molecule has 2 fully saturated rings. The molecule has 0 bridgehead atoms. The van der Waals surface area contributed by atoms with Crippen molar-refractivity contribution in [1.29, 1.82) is 0 Å². The topological polar surface area (TPSA) is 78.9 Å². The summed E-state index contributed by atoms with van der Waals surface area (Å²) < 4.78 is 5.18. The lowest BCUT2D eigenvalue weighted by Gasteiger charge is -2.31. The van der Waals surface area contributed by atoms with Gasteiger partial charge in [-0.15, -0.1) is 11.8 Å². The van der Waals surface area contributed by atoms with E-state index >= 15 is 0 Å². The van der Waals surface area contributed by atoms with E-state index in [1.807, 2.05) is 0 Å². The van der Waals surface area contributed by atoms with Crippen LogP contribution in [0.1, 0.15) is 12.8 Å². The average molecular weight is 288 g/mol. The van der Waals surface area contributed by atoms with E-state index < -0.39 is 0 Å². The maximum Gasteiger partial charge on any atom is 0.232 e. The number of hydrogen-bond donors (Lipinski definition) is 2. The number of morpholine rings is 1. The minimum atomic E-state index is -0.263. The standard InChI is InChI=1S/C12H20N2O4S/c15-10-5-9(6-10)13-11(16)7-19-8-12(17)14-1-3-18-4-2-14/h9-10,15H,1-8H2,(H,13,16). The van der Waals surface area contributed by atoms with E-state index in [4.69, 9.17) is 9.84 Å². The van der Waals surface area contributed by atoms with Crippen molar-refractivity contribution >= 4 is 23.6 Å². The third kappa shape index (κ3) is 4.67. The molecule has 0 aromatic carbocycles. The number of aliphatic hydroxyl groups is 1. The van der Waals surface area contributed by atoms with Crippen LogP contribution in [0.4, 0.5) is 0 Å². The lowest BCUT2D eigenvalue weighted by Crippen LogP contribution is -2.47. The van der Waals surface area contributed by atoms with E-state index in [0.717, 1.165) is 0 Å². The van der Waals surface area contributed by atoms with Crippen molar-refractivity contribution < 1.29 is 19.4 Å². The predicted molar refractivity (Wildman–Crippen MR) is 71.9 cm³/mol. The summed E-state index contributed by atoms with van der Waals surface area (Å²) in [7, 11) is 0. The summed E-state index contributed by atoms with van der Waals surface area (Å²) in [5, 5.41) is 11.9. The fourth-order valence-corrected chi connectivity index (χ4v) is 2.84. The van der Waals surface area contributed by atoms with Crippen molar-refractivity contribution in [3.63, 3.8) is 0 Å². The number of thioether (sulfide) groups is 1. The smallest absolute Gasteiger partial charge is 0.232 e. The van der Waals surface area contributed by atoms with Crippen LogP contribution in [0.3, 0.4) is 0 Å². The fourth-order valence-electron chi connectivity index (χ4n) is 2.11. The molecule has 0 aromatic rings. The lowest BCUT2D eigenvalue weighted by atomic mass is 9.89. The van der Waals surface area contributed by atoms with Gasteiger partial charge in [-0.2, -0.15) is 0 Å². The van der Waals surface area contributed by atoms with Crippen LogP contribution in [0.2, 0.25) is 0 Å². The molecule has 2 aliphatic rings. The first-order valence-corrected chi connectivity index (χ1v) is 7.71. The van der Waals surface area contributed by atoms with Crippen molar-refractivity contribution in [2.75, 3.05) is 37.8 Å². The van der Waals surface area contributed by atoms with Gasteiger partial charge in [0.05, 0.1) is 30.8 Å². The lowest BCUT2D eigenvalue weighted by molar-refractivity contribution is -0.132. The number of nitrogens with zero attached hydrogens (tertiary/aromatic N) is 1. The van der Waals surface area contributed by atoms with Crippen molar-refractivity contribution in [2.24, 2.45) is 0 Å². The number of carbonyl (C=O) groups is 2. The van der Waals surface area contributed by atoms with Crippen LogP contribution >= 0.6 is 11.8 Å². The van der Waals surface area contributed by atoms with Gasteiger partial charge in [-0.05, 0) is 12.8 Å². The van der Waals surface area contributed by atoms with Gasteiger partial charge in [-0.1, -0.05) is 0 Å². The first kappa shape index (κ1) is 14.6. The van der Waals surface area contributed by atoms with Gasteiger partial charge in [0.1, 0.15) is 0 Å². The van der Waals surface area contributed by atoms with E-state index in [-0.39, 0.29) is 24.0 Å². The molecule has 1 aliphatic heterocycles. The van der Waals surface area contributed by atoms with Crippen molar-refractivity contribution in [3.05, 3.63) is 0 Å². The summed E-state index contributed by atoms with van der Waals surface area (Å²) in [5.41, 5.74) is 0. The Morgan fingerprint density at radius 2 is 1.95 bits per heavy atom. The molecule has 2 N–H and O–H groups in total. The molecule has 6 nitrogen and oxygen atoms in total. The zero-order chi connectivity index (χ0) is 13.7. The molecule has 0 radical (unpaired) electrons. The van der Waals surface area contributed by atoms with E-state index in [1.165, 1.54) is 11.8 Å². The van der Waals surface area contributed by atoms with E-state index in [9.17, 15) is 9.59 Å². The minimum Gasteiger partial charge on any atom is -0.393 e. The summed E-state index contributed by atoms with van der Waals surface area (Å²) >= 11 is 1.33. The van der Waals surface area contributed by atoms with Crippen molar-refractivity contribution in [2.45, 2.75) is 25.0 Å². The first-order valence-electron chi connectivity index (χ1n) is 6.56. The van der Waals surface area contributed by atoms with Gasteiger partial charge in [0.2, 0.25) is 11.8 Å². The highest BCUT2D eigenvalue weighted by atomic mass is 32.2. The molecule has 0 atom stereocenters. The molecule has 1 saturated carbocycles. The Balaban J connectivity index is 1.55. The molecule has 1 heterocycles. The quantitative estimate of drug-likeness (QED) is 0.694. The number of hydrogen-bond acceptors (Lipinski definition) is 5. The number of amides is 2. The number of ether oxygens (including phenoxy) is 1. The van der Waals surface area contributed by atoms with Crippen LogP contribution < -0.4 is 5.32 Å². The predicted octanol–water partition coefficient (Wildman–Crippen LogP) is -0.782. The maximum absolute atomic E-state index is 11.8. The Hall–Kier alpha value is -0.790. The highest BCUT2D eigenvalue weighted by Crippen LogP contribution is 2.19. The second-order valence-electron chi connectivity index (χ2n) is 4.88. The zero-order valence-corrected chi connectivity index (χ0v) is 11.7. The molecule has 0 aromatic heterocycles. The molecule has 1 saturated heterocycles. The highest BCUT2D eigenvalue weighted by Gasteiger charge is 2.28. The SMILES string of the molecule is O=C(CSCC(=O)N1CCOCC1)NC1CC(O)C1. The Morgan fingerprint density at radius 3 is 2.58 bits per heavy atom. The second kappa shape index (κ2) is 7.12. The summed E-state index contributed by atoms with van der Waals surface area (Å²) in [6.07, 6.45) is 1.02. The first-order chi connectivity index (χ1) is 9.15. The molecular formula is C12H20N2O4S. The van der Waals surface area contributed by atoms with E-state index in [0.29, 0.717) is 50.7 Å². The molecule has 7 heteroatoms. The summed E-state index contributed by atoms with van der Waals surface area (Å²) in [6, 6.07) is 0.109. The van der Waals surface area contributed by atoms with Gasteiger partial charge >= 0.3 is 0 Å². The van der Waals surface area contributed by atoms with Crippen LogP contribution in [-0.4, -0.2) is 71.8 Å². The molecule has 19 heavy (non-hydrogen) atoms. The number of nitrogens with one attached hydrogen (secondary N) is 1. The largest absolute Gasteiger partial charge is 0.393 e. The molecule has 0 unspecified atom stereocenters. The fraction of sp³-hybridized carbons (Fsp3) is 0.833. The zero-order valence-electron chi connectivity index (χ0n) is 10.8. The van der Waals surface area contributed by atoms with Gasteiger partial charge < -0.3 is 20.1 Å². The monoisotopic (exact) mass is 288 g/mol.